The van der Waals surface area contributed by atoms with Gasteiger partial charge in [-0.25, -0.2) is 0 Å². The smallest absolute Gasteiger partial charge is 0.0216 e. The first-order chi connectivity index (χ1) is 7.88. The standard InChI is InChI=1S/C14H24N2/c1-2-3-4-10-16(11-13-7-8-13)12-14-6-5-9-15-14/h13-15H,4-12H2,1H3. The van der Waals surface area contributed by atoms with Crippen LogP contribution in [-0.4, -0.2) is 37.1 Å². The van der Waals surface area contributed by atoms with Gasteiger partial charge in [0.25, 0.3) is 0 Å². The molecule has 1 unspecified atom stereocenters. The van der Waals surface area contributed by atoms with Crippen LogP contribution >= 0.6 is 0 Å². The Hall–Kier alpha value is -0.520. The van der Waals surface area contributed by atoms with Crippen LogP contribution in [0.5, 0.6) is 0 Å². The van der Waals surface area contributed by atoms with Gasteiger partial charge in [0.05, 0.1) is 0 Å². The molecule has 2 heteroatoms. The van der Waals surface area contributed by atoms with Crippen molar-refractivity contribution in [1.29, 1.82) is 0 Å². The minimum Gasteiger partial charge on any atom is -0.313 e. The number of hydrogen-bond acceptors (Lipinski definition) is 2. The van der Waals surface area contributed by atoms with Crippen LogP contribution in [0.15, 0.2) is 0 Å². The molecule has 0 amide bonds. The second-order valence-corrected chi connectivity index (χ2v) is 5.17. The Morgan fingerprint density at radius 2 is 2.12 bits per heavy atom. The second-order valence-electron chi connectivity index (χ2n) is 5.17. The summed E-state index contributed by atoms with van der Waals surface area (Å²) in [5, 5.41) is 3.59. The third-order valence-electron chi connectivity index (χ3n) is 3.58. The van der Waals surface area contributed by atoms with E-state index in [4.69, 9.17) is 0 Å². The third-order valence-corrected chi connectivity index (χ3v) is 3.58. The molecule has 1 saturated heterocycles. The van der Waals surface area contributed by atoms with Gasteiger partial charge >= 0.3 is 0 Å². The first-order valence-electron chi connectivity index (χ1n) is 6.74. The van der Waals surface area contributed by atoms with Gasteiger partial charge in [0, 0.05) is 32.1 Å². The molecule has 1 heterocycles. The normalized spacial score (nSPS) is 24.5. The van der Waals surface area contributed by atoms with E-state index < -0.39 is 0 Å². The van der Waals surface area contributed by atoms with Gasteiger partial charge in [-0.1, -0.05) is 0 Å². The van der Waals surface area contributed by atoms with Crippen LogP contribution in [0.4, 0.5) is 0 Å². The predicted molar refractivity (Wildman–Crippen MR) is 68.3 cm³/mol. The van der Waals surface area contributed by atoms with E-state index in [0.29, 0.717) is 0 Å². The van der Waals surface area contributed by atoms with Gasteiger partial charge in [0.15, 0.2) is 0 Å². The summed E-state index contributed by atoms with van der Waals surface area (Å²) in [4.78, 5) is 2.63. The molecule has 90 valence electrons. The summed E-state index contributed by atoms with van der Waals surface area (Å²) in [5.41, 5.74) is 0. The molecule has 0 aromatic heterocycles. The van der Waals surface area contributed by atoms with E-state index in [9.17, 15) is 0 Å². The van der Waals surface area contributed by atoms with E-state index in [1.807, 2.05) is 6.92 Å². The van der Waals surface area contributed by atoms with Crippen LogP contribution in [-0.2, 0) is 0 Å². The van der Waals surface area contributed by atoms with Crippen molar-refractivity contribution < 1.29 is 0 Å². The van der Waals surface area contributed by atoms with Crippen molar-refractivity contribution in [2.75, 3.05) is 26.2 Å². The molecule has 1 atom stereocenters. The highest BCUT2D eigenvalue weighted by Crippen LogP contribution is 2.29. The van der Waals surface area contributed by atoms with E-state index in [1.54, 1.807) is 0 Å². The minimum absolute atomic E-state index is 0.744. The average Bonchev–Trinajstić information content (AvgIpc) is 2.93. The van der Waals surface area contributed by atoms with Gasteiger partial charge < -0.3 is 10.2 Å². The zero-order valence-corrected chi connectivity index (χ0v) is 10.5. The summed E-state index contributed by atoms with van der Waals surface area (Å²) in [6.45, 7) is 6.86. The Bertz CT molecular complexity index is 254. The quantitative estimate of drug-likeness (QED) is 0.687. The lowest BCUT2D eigenvalue weighted by molar-refractivity contribution is 0.245. The highest BCUT2D eigenvalue weighted by atomic mass is 15.2. The van der Waals surface area contributed by atoms with Gasteiger partial charge in [-0.05, 0) is 45.1 Å². The molecule has 0 aromatic carbocycles. The van der Waals surface area contributed by atoms with Crippen LogP contribution in [0.3, 0.4) is 0 Å². The number of hydrogen-bond donors (Lipinski definition) is 1. The van der Waals surface area contributed by atoms with E-state index in [1.165, 1.54) is 45.3 Å². The maximum Gasteiger partial charge on any atom is 0.0216 e. The summed E-state index contributed by atoms with van der Waals surface area (Å²) < 4.78 is 0. The molecule has 0 spiro atoms. The SMILES string of the molecule is CC#CCCN(CC1CC1)CC1CCCN1. The number of nitrogens with one attached hydrogen (secondary N) is 1. The average molecular weight is 220 g/mol. The monoisotopic (exact) mass is 220 g/mol. The topological polar surface area (TPSA) is 15.3 Å². The van der Waals surface area contributed by atoms with Crippen molar-refractivity contribution in [3.8, 4) is 11.8 Å². The van der Waals surface area contributed by atoms with E-state index >= 15 is 0 Å². The van der Waals surface area contributed by atoms with Crippen molar-refractivity contribution >= 4 is 0 Å². The summed E-state index contributed by atoms with van der Waals surface area (Å²) in [6.07, 6.45) is 6.66. The fraction of sp³-hybridized carbons (Fsp3) is 0.857. The number of rotatable bonds is 6. The van der Waals surface area contributed by atoms with Crippen LogP contribution in [0, 0.1) is 17.8 Å². The minimum atomic E-state index is 0.744. The highest BCUT2D eigenvalue weighted by Gasteiger charge is 2.25. The molecule has 1 N–H and O–H groups in total. The lowest BCUT2D eigenvalue weighted by Gasteiger charge is -2.24. The molecule has 1 aliphatic heterocycles. The molecule has 2 aliphatic rings. The van der Waals surface area contributed by atoms with E-state index in [2.05, 4.69) is 22.1 Å². The molecular formula is C14H24N2. The van der Waals surface area contributed by atoms with Crippen molar-refractivity contribution in [3.05, 3.63) is 0 Å². The maximum absolute atomic E-state index is 3.59. The largest absolute Gasteiger partial charge is 0.313 e. The fourth-order valence-corrected chi connectivity index (χ4v) is 2.49. The molecule has 16 heavy (non-hydrogen) atoms. The molecule has 1 saturated carbocycles. The lowest BCUT2D eigenvalue weighted by atomic mass is 10.2. The summed E-state index contributed by atoms with van der Waals surface area (Å²) in [5.74, 6) is 7.17. The third kappa shape index (κ3) is 4.15. The Morgan fingerprint density at radius 3 is 2.75 bits per heavy atom. The first kappa shape index (κ1) is 12.0. The molecular weight excluding hydrogens is 196 g/mol. The summed E-state index contributed by atoms with van der Waals surface area (Å²) in [7, 11) is 0. The van der Waals surface area contributed by atoms with Crippen molar-refractivity contribution in [3.63, 3.8) is 0 Å². The molecule has 2 nitrogen and oxygen atoms in total. The van der Waals surface area contributed by atoms with Gasteiger partial charge in [-0.15, -0.1) is 11.8 Å². The first-order valence-corrected chi connectivity index (χ1v) is 6.74. The lowest BCUT2D eigenvalue weighted by Crippen LogP contribution is -2.39. The molecule has 1 aliphatic carbocycles. The van der Waals surface area contributed by atoms with Crippen LogP contribution in [0.2, 0.25) is 0 Å². The Labute approximate surface area is 99.8 Å². The van der Waals surface area contributed by atoms with Crippen LogP contribution in [0.25, 0.3) is 0 Å². The van der Waals surface area contributed by atoms with Gasteiger partial charge in [-0.2, -0.15) is 0 Å². The van der Waals surface area contributed by atoms with Crippen LogP contribution in [0.1, 0.15) is 39.0 Å². The predicted octanol–water partition coefficient (Wildman–Crippen LogP) is 1.86. The van der Waals surface area contributed by atoms with Crippen molar-refractivity contribution in [1.82, 2.24) is 10.2 Å². The van der Waals surface area contributed by atoms with E-state index in [0.717, 1.165) is 24.9 Å². The Morgan fingerprint density at radius 1 is 1.25 bits per heavy atom. The van der Waals surface area contributed by atoms with Crippen molar-refractivity contribution in [2.45, 2.75) is 45.1 Å². The molecule has 0 bridgehead atoms. The summed E-state index contributed by atoms with van der Waals surface area (Å²) >= 11 is 0. The van der Waals surface area contributed by atoms with Gasteiger partial charge in [-0.3, -0.25) is 0 Å². The fourth-order valence-electron chi connectivity index (χ4n) is 2.49. The summed E-state index contributed by atoms with van der Waals surface area (Å²) in [6, 6.07) is 0.744. The van der Waals surface area contributed by atoms with Gasteiger partial charge in [0.2, 0.25) is 0 Å². The van der Waals surface area contributed by atoms with Gasteiger partial charge in [0.1, 0.15) is 0 Å². The second kappa shape index (κ2) is 6.27. The van der Waals surface area contributed by atoms with Crippen LogP contribution < -0.4 is 5.32 Å². The molecule has 0 radical (unpaired) electrons. The molecule has 2 rings (SSSR count). The Balaban J connectivity index is 1.72. The highest BCUT2D eigenvalue weighted by molar-refractivity contribution is 4.96. The van der Waals surface area contributed by atoms with Crippen molar-refractivity contribution in [2.24, 2.45) is 5.92 Å². The zero-order valence-electron chi connectivity index (χ0n) is 10.5. The Kier molecular flexibility index (Phi) is 4.69. The zero-order chi connectivity index (χ0) is 11.2. The number of nitrogens with zero attached hydrogens (tertiary/aromatic N) is 1. The maximum atomic E-state index is 3.59. The molecule has 2 fully saturated rings. The molecule has 0 aromatic rings. The van der Waals surface area contributed by atoms with E-state index in [-0.39, 0.29) is 0 Å².